The lowest BCUT2D eigenvalue weighted by atomic mass is 10.0. The molecule has 4 heteroatoms. The van der Waals surface area contributed by atoms with Gasteiger partial charge in [-0.3, -0.25) is 0 Å². The first kappa shape index (κ1) is 12.8. The predicted octanol–water partition coefficient (Wildman–Crippen LogP) is 5.66. The van der Waals surface area contributed by atoms with Crippen LogP contribution in [0.2, 0.25) is 0 Å². The van der Waals surface area contributed by atoms with Crippen LogP contribution in [-0.2, 0) is 0 Å². The van der Waals surface area contributed by atoms with Crippen LogP contribution in [0.1, 0.15) is 16.0 Å². The number of benzene rings is 2. The van der Waals surface area contributed by atoms with E-state index in [9.17, 15) is 8.78 Å². The van der Waals surface area contributed by atoms with E-state index in [-0.39, 0.29) is 4.83 Å². The Hall–Kier alpha value is -1.26. The van der Waals surface area contributed by atoms with E-state index in [2.05, 4.69) is 22.0 Å². The zero-order valence-corrected chi connectivity index (χ0v) is 12.1. The molecule has 0 radical (unpaired) electrons. The van der Waals surface area contributed by atoms with Gasteiger partial charge < -0.3 is 0 Å². The minimum Gasteiger partial charge on any atom is -0.204 e. The lowest BCUT2D eigenvalue weighted by molar-refractivity contribution is 0.507. The Balaban J connectivity index is 2.08. The summed E-state index contributed by atoms with van der Waals surface area (Å²) in [6.45, 7) is 0. The third-order valence-corrected chi connectivity index (χ3v) is 5.02. The van der Waals surface area contributed by atoms with Crippen LogP contribution in [0.5, 0.6) is 0 Å². The Kier molecular flexibility index (Phi) is 3.37. The largest absolute Gasteiger partial charge is 0.204 e. The fourth-order valence-corrected chi connectivity index (χ4v) is 3.87. The quantitative estimate of drug-likeness (QED) is 0.528. The van der Waals surface area contributed by atoms with E-state index in [0.29, 0.717) is 5.56 Å². The number of fused-ring (bicyclic) bond motifs is 1. The van der Waals surface area contributed by atoms with Gasteiger partial charge in [0.15, 0.2) is 11.6 Å². The molecule has 1 unspecified atom stereocenters. The first-order valence-electron chi connectivity index (χ1n) is 5.72. The maximum atomic E-state index is 13.3. The van der Waals surface area contributed by atoms with Gasteiger partial charge in [-0.2, -0.15) is 0 Å². The molecular formula is C15H9BrF2S. The zero-order chi connectivity index (χ0) is 13.4. The Bertz CT molecular complexity index is 736. The Morgan fingerprint density at radius 1 is 1.00 bits per heavy atom. The van der Waals surface area contributed by atoms with Gasteiger partial charge in [-0.25, -0.2) is 8.78 Å². The zero-order valence-electron chi connectivity index (χ0n) is 9.74. The second-order valence-corrected chi connectivity index (χ2v) is 6.05. The summed E-state index contributed by atoms with van der Waals surface area (Å²) >= 11 is 5.22. The van der Waals surface area contributed by atoms with E-state index >= 15 is 0 Å². The van der Waals surface area contributed by atoms with Crippen LogP contribution in [0, 0.1) is 11.6 Å². The molecule has 1 heterocycles. The number of rotatable bonds is 2. The molecule has 3 aromatic rings. The minimum absolute atomic E-state index is 0.140. The lowest BCUT2D eigenvalue weighted by Gasteiger charge is -2.10. The van der Waals surface area contributed by atoms with Crippen LogP contribution in [0.15, 0.2) is 47.8 Å². The van der Waals surface area contributed by atoms with E-state index in [4.69, 9.17) is 0 Å². The summed E-state index contributed by atoms with van der Waals surface area (Å²) in [5.74, 6) is -1.64. The summed E-state index contributed by atoms with van der Waals surface area (Å²) in [6.07, 6.45) is 0. The van der Waals surface area contributed by atoms with Crippen LogP contribution in [0.4, 0.5) is 8.78 Å². The standard InChI is InChI=1S/C15H9BrF2S/c16-15(9-5-6-12(17)13(18)7-9)11-8-19-14-4-2-1-3-10(11)14/h1-8,15H. The van der Waals surface area contributed by atoms with Crippen molar-refractivity contribution < 1.29 is 8.78 Å². The Morgan fingerprint density at radius 2 is 1.79 bits per heavy atom. The molecule has 0 bridgehead atoms. The molecule has 3 rings (SSSR count). The number of hydrogen-bond donors (Lipinski definition) is 0. The number of halogens is 3. The fourth-order valence-electron chi connectivity index (χ4n) is 2.04. The van der Waals surface area contributed by atoms with Gasteiger partial charge in [-0.15, -0.1) is 11.3 Å². The second-order valence-electron chi connectivity index (χ2n) is 4.22. The lowest BCUT2D eigenvalue weighted by Crippen LogP contribution is -1.94. The molecule has 0 saturated carbocycles. The molecule has 96 valence electrons. The van der Waals surface area contributed by atoms with Crippen molar-refractivity contribution in [1.82, 2.24) is 0 Å². The van der Waals surface area contributed by atoms with Crippen molar-refractivity contribution in [2.45, 2.75) is 4.83 Å². The fraction of sp³-hybridized carbons (Fsp3) is 0.0667. The molecule has 0 amide bonds. The highest BCUT2D eigenvalue weighted by Crippen LogP contribution is 2.38. The molecule has 0 nitrogen and oxygen atoms in total. The maximum Gasteiger partial charge on any atom is 0.159 e. The van der Waals surface area contributed by atoms with Gasteiger partial charge in [-0.1, -0.05) is 40.2 Å². The average Bonchev–Trinajstić information content (AvgIpc) is 2.85. The van der Waals surface area contributed by atoms with Crippen molar-refractivity contribution in [2.24, 2.45) is 0 Å². The van der Waals surface area contributed by atoms with Crippen molar-refractivity contribution in [2.75, 3.05) is 0 Å². The molecular weight excluding hydrogens is 330 g/mol. The molecule has 2 aromatic carbocycles. The van der Waals surface area contributed by atoms with E-state index in [0.717, 1.165) is 17.0 Å². The molecule has 19 heavy (non-hydrogen) atoms. The van der Waals surface area contributed by atoms with Gasteiger partial charge in [0, 0.05) is 4.70 Å². The molecule has 1 aromatic heterocycles. The number of hydrogen-bond acceptors (Lipinski definition) is 1. The third-order valence-electron chi connectivity index (χ3n) is 3.02. The summed E-state index contributed by atoms with van der Waals surface area (Å²) in [4.78, 5) is -0.140. The van der Waals surface area contributed by atoms with Gasteiger partial charge >= 0.3 is 0 Å². The normalized spacial score (nSPS) is 12.8. The average molecular weight is 339 g/mol. The summed E-state index contributed by atoms with van der Waals surface area (Å²) in [6, 6.07) is 12.1. The maximum absolute atomic E-state index is 13.3. The van der Waals surface area contributed by atoms with E-state index < -0.39 is 11.6 Å². The van der Waals surface area contributed by atoms with Crippen molar-refractivity contribution in [3.05, 3.63) is 70.6 Å². The molecule has 0 aliphatic heterocycles. The van der Waals surface area contributed by atoms with Crippen LogP contribution in [0.25, 0.3) is 10.1 Å². The van der Waals surface area contributed by atoms with Gasteiger partial charge in [0.1, 0.15) is 0 Å². The van der Waals surface area contributed by atoms with Gasteiger partial charge in [0.05, 0.1) is 4.83 Å². The molecule has 0 aliphatic carbocycles. The van der Waals surface area contributed by atoms with Crippen LogP contribution < -0.4 is 0 Å². The molecule has 0 fully saturated rings. The van der Waals surface area contributed by atoms with E-state index in [1.54, 1.807) is 17.4 Å². The summed E-state index contributed by atoms with van der Waals surface area (Å²) in [7, 11) is 0. The first-order chi connectivity index (χ1) is 9.16. The SMILES string of the molecule is Fc1ccc(C(Br)c2csc3ccccc23)cc1F. The highest BCUT2D eigenvalue weighted by atomic mass is 79.9. The minimum atomic E-state index is -0.821. The molecule has 0 aliphatic rings. The first-order valence-corrected chi connectivity index (χ1v) is 7.51. The third kappa shape index (κ3) is 2.30. The smallest absolute Gasteiger partial charge is 0.159 e. The molecule has 0 spiro atoms. The molecule has 0 saturated heterocycles. The van der Waals surface area contributed by atoms with E-state index in [1.165, 1.54) is 10.8 Å². The molecule has 0 N–H and O–H groups in total. The van der Waals surface area contributed by atoms with Gasteiger partial charge in [0.25, 0.3) is 0 Å². The Morgan fingerprint density at radius 3 is 2.58 bits per heavy atom. The number of thiophene rings is 1. The van der Waals surface area contributed by atoms with Crippen molar-refractivity contribution in [3.63, 3.8) is 0 Å². The van der Waals surface area contributed by atoms with Crippen LogP contribution in [0.3, 0.4) is 0 Å². The second kappa shape index (κ2) is 5.02. The van der Waals surface area contributed by atoms with Crippen molar-refractivity contribution in [3.8, 4) is 0 Å². The van der Waals surface area contributed by atoms with Crippen LogP contribution >= 0.6 is 27.3 Å². The van der Waals surface area contributed by atoms with Gasteiger partial charge in [-0.05, 0) is 40.1 Å². The van der Waals surface area contributed by atoms with Gasteiger partial charge in [0.2, 0.25) is 0 Å². The predicted molar refractivity (Wildman–Crippen MR) is 79.0 cm³/mol. The van der Waals surface area contributed by atoms with Crippen molar-refractivity contribution >= 4 is 37.4 Å². The highest BCUT2D eigenvalue weighted by Gasteiger charge is 2.16. The number of alkyl halides is 1. The molecule has 1 atom stereocenters. The summed E-state index contributed by atoms with van der Waals surface area (Å²) in [5.41, 5.74) is 1.79. The summed E-state index contributed by atoms with van der Waals surface area (Å²) in [5, 5.41) is 3.19. The topological polar surface area (TPSA) is 0 Å². The Labute approximate surface area is 121 Å². The van der Waals surface area contributed by atoms with Crippen molar-refractivity contribution in [1.29, 1.82) is 0 Å². The van der Waals surface area contributed by atoms with E-state index in [1.807, 2.05) is 23.6 Å². The summed E-state index contributed by atoms with van der Waals surface area (Å²) < 4.78 is 27.5. The van der Waals surface area contributed by atoms with Crippen LogP contribution in [-0.4, -0.2) is 0 Å². The highest BCUT2D eigenvalue weighted by molar-refractivity contribution is 9.09. The monoisotopic (exact) mass is 338 g/mol.